The molecule has 0 bridgehead atoms. The first-order valence-electron chi connectivity index (χ1n) is 23.2. The number of unbranched alkanes of at least 4 members (excludes halogenated alkanes) is 30. The molecule has 322 valence electrons. The van der Waals surface area contributed by atoms with Gasteiger partial charge in [0.1, 0.15) is 6.10 Å². The molecule has 8 nitrogen and oxygen atoms in total. The molecular formula is C45H90NO7P. The van der Waals surface area contributed by atoms with Crippen LogP contribution in [0.15, 0.2) is 12.2 Å². The van der Waals surface area contributed by atoms with Crippen LogP contribution in [-0.2, 0) is 27.9 Å². The van der Waals surface area contributed by atoms with Gasteiger partial charge in [0.15, 0.2) is 0 Å². The molecule has 2 unspecified atom stereocenters. The van der Waals surface area contributed by atoms with Crippen LogP contribution in [0.1, 0.15) is 232 Å². The molecule has 0 saturated heterocycles. The molecule has 0 aromatic rings. The molecule has 9 heteroatoms. The average Bonchev–Trinajstić information content (AvgIpc) is 3.16. The third kappa shape index (κ3) is 42.4. The lowest BCUT2D eigenvalue weighted by atomic mass is 10.0. The van der Waals surface area contributed by atoms with Gasteiger partial charge in [0.2, 0.25) is 0 Å². The van der Waals surface area contributed by atoms with E-state index in [1.165, 1.54) is 180 Å². The average molecular weight is 788 g/mol. The number of carbonyl (C=O) groups excluding carboxylic acids is 1. The first-order valence-corrected chi connectivity index (χ1v) is 24.7. The summed E-state index contributed by atoms with van der Waals surface area (Å²) in [5.74, 6) is -0.330. The molecule has 0 aromatic heterocycles. The summed E-state index contributed by atoms with van der Waals surface area (Å²) in [7, 11) is -4.27. The van der Waals surface area contributed by atoms with Crippen molar-refractivity contribution in [2.75, 3.05) is 33.0 Å². The Balaban J connectivity index is 3.79. The van der Waals surface area contributed by atoms with E-state index in [1.54, 1.807) is 0 Å². The fourth-order valence-corrected chi connectivity index (χ4v) is 7.52. The van der Waals surface area contributed by atoms with E-state index >= 15 is 0 Å². The van der Waals surface area contributed by atoms with E-state index in [4.69, 9.17) is 24.3 Å². The maximum Gasteiger partial charge on any atom is 0.472 e. The highest BCUT2D eigenvalue weighted by molar-refractivity contribution is 7.47. The highest BCUT2D eigenvalue weighted by Crippen LogP contribution is 2.43. The second-order valence-electron chi connectivity index (χ2n) is 15.6. The number of ether oxygens (including phenoxy) is 2. The summed E-state index contributed by atoms with van der Waals surface area (Å²) in [5, 5.41) is 0. The van der Waals surface area contributed by atoms with Crippen molar-refractivity contribution < 1.29 is 32.8 Å². The summed E-state index contributed by atoms with van der Waals surface area (Å²) in [4.78, 5) is 22.4. The van der Waals surface area contributed by atoms with Gasteiger partial charge < -0.3 is 20.1 Å². The third-order valence-electron chi connectivity index (χ3n) is 10.2. The molecule has 54 heavy (non-hydrogen) atoms. The molecule has 3 N–H and O–H groups in total. The van der Waals surface area contributed by atoms with Crippen molar-refractivity contribution in [2.24, 2.45) is 5.73 Å². The van der Waals surface area contributed by atoms with E-state index < -0.39 is 13.9 Å². The monoisotopic (exact) mass is 788 g/mol. The molecule has 0 rings (SSSR count). The van der Waals surface area contributed by atoms with E-state index in [1.807, 2.05) is 0 Å². The summed E-state index contributed by atoms with van der Waals surface area (Å²) in [6, 6.07) is 0. The molecular weight excluding hydrogens is 697 g/mol. The summed E-state index contributed by atoms with van der Waals surface area (Å²) in [5.41, 5.74) is 5.36. The van der Waals surface area contributed by atoms with Crippen molar-refractivity contribution in [3.63, 3.8) is 0 Å². The fraction of sp³-hybridized carbons (Fsp3) is 0.933. The largest absolute Gasteiger partial charge is 0.472 e. The number of phosphoric acid groups is 1. The molecule has 0 fully saturated rings. The van der Waals surface area contributed by atoms with Crippen LogP contribution in [0.4, 0.5) is 0 Å². The topological polar surface area (TPSA) is 117 Å². The number of phosphoric ester groups is 1. The summed E-state index contributed by atoms with van der Waals surface area (Å²) in [6.45, 7) is 4.94. The van der Waals surface area contributed by atoms with Crippen LogP contribution in [0.3, 0.4) is 0 Å². The van der Waals surface area contributed by atoms with Gasteiger partial charge in [-0.05, 0) is 38.5 Å². The molecule has 0 aliphatic carbocycles. The van der Waals surface area contributed by atoms with Gasteiger partial charge in [0, 0.05) is 19.6 Å². The van der Waals surface area contributed by atoms with Crippen molar-refractivity contribution >= 4 is 13.8 Å². The number of rotatable bonds is 45. The lowest BCUT2D eigenvalue weighted by Gasteiger charge is -2.20. The van der Waals surface area contributed by atoms with E-state index in [0.717, 1.165) is 32.1 Å². The Kier molecular flexibility index (Phi) is 42.8. The van der Waals surface area contributed by atoms with E-state index in [2.05, 4.69) is 26.0 Å². The number of hydrogen-bond acceptors (Lipinski definition) is 7. The summed E-state index contributed by atoms with van der Waals surface area (Å²) in [6.07, 6.45) is 46.9. The van der Waals surface area contributed by atoms with Crippen LogP contribution >= 0.6 is 7.82 Å². The SMILES string of the molecule is CCCCCCCCCC/C=C\CCCCCCCCCCCCCCCCOCC(COP(=O)(O)OCCN)OC(=O)CCCCCCCCCCC. The number of allylic oxidation sites excluding steroid dienone is 2. The summed E-state index contributed by atoms with van der Waals surface area (Å²) < 4.78 is 33.4. The zero-order valence-electron chi connectivity index (χ0n) is 35.7. The number of esters is 1. The molecule has 0 spiro atoms. The smallest absolute Gasteiger partial charge is 0.457 e. The Bertz CT molecular complexity index is 843. The van der Waals surface area contributed by atoms with Crippen LogP contribution in [-0.4, -0.2) is 49.9 Å². The minimum atomic E-state index is -4.27. The van der Waals surface area contributed by atoms with Gasteiger partial charge >= 0.3 is 13.8 Å². The maximum absolute atomic E-state index is 12.5. The zero-order chi connectivity index (χ0) is 39.5. The molecule has 0 saturated carbocycles. The van der Waals surface area contributed by atoms with Crippen LogP contribution in [0.25, 0.3) is 0 Å². The minimum Gasteiger partial charge on any atom is -0.457 e. The molecule has 0 aliphatic rings. The van der Waals surface area contributed by atoms with Gasteiger partial charge in [0.25, 0.3) is 0 Å². The highest BCUT2D eigenvalue weighted by Gasteiger charge is 2.25. The molecule has 0 heterocycles. The van der Waals surface area contributed by atoms with E-state index in [-0.39, 0.29) is 32.3 Å². The van der Waals surface area contributed by atoms with E-state index in [0.29, 0.717) is 13.0 Å². The van der Waals surface area contributed by atoms with Gasteiger partial charge in [-0.1, -0.05) is 199 Å². The number of carbonyl (C=O) groups is 1. The quantitative estimate of drug-likeness (QED) is 0.0271. The normalized spacial score (nSPS) is 13.5. The molecule has 0 aliphatic heterocycles. The van der Waals surface area contributed by atoms with Gasteiger partial charge in [-0.3, -0.25) is 13.8 Å². The van der Waals surface area contributed by atoms with Crippen molar-refractivity contribution in [3.8, 4) is 0 Å². The fourth-order valence-electron chi connectivity index (χ4n) is 6.76. The zero-order valence-corrected chi connectivity index (χ0v) is 36.6. The van der Waals surface area contributed by atoms with Crippen molar-refractivity contribution in [1.29, 1.82) is 0 Å². The lowest BCUT2D eigenvalue weighted by molar-refractivity contribution is -0.154. The van der Waals surface area contributed by atoms with Gasteiger partial charge in [-0.25, -0.2) is 4.57 Å². The van der Waals surface area contributed by atoms with Gasteiger partial charge in [-0.2, -0.15) is 0 Å². The van der Waals surface area contributed by atoms with Crippen LogP contribution in [0, 0.1) is 0 Å². The van der Waals surface area contributed by atoms with Crippen LogP contribution in [0.5, 0.6) is 0 Å². The second kappa shape index (κ2) is 43.4. The summed E-state index contributed by atoms with van der Waals surface area (Å²) >= 11 is 0. The Labute approximate surface area is 334 Å². The Hall–Kier alpha value is -0.760. The minimum absolute atomic E-state index is 0.0919. The number of hydrogen-bond donors (Lipinski definition) is 2. The van der Waals surface area contributed by atoms with Crippen LogP contribution in [0.2, 0.25) is 0 Å². The second-order valence-corrected chi connectivity index (χ2v) is 17.1. The number of nitrogens with two attached hydrogens (primary N) is 1. The van der Waals surface area contributed by atoms with Gasteiger partial charge in [0.05, 0.1) is 19.8 Å². The Morgan fingerprint density at radius 2 is 0.926 bits per heavy atom. The lowest BCUT2D eigenvalue weighted by Crippen LogP contribution is -2.28. The molecule has 0 radical (unpaired) electrons. The van der Waals surface area contributed by atoms with Crippen LogP contribution < -0.4 is 5.73 Å². The van der Waals surface area contributed by atoms with Crippen molar-refractivity contribution in [2.45, 2.75) is 238 Å². The molecule has 2 atom stereocenters. The maximum atomic E-state index is 12.5. The van der Waals surface area contributed by atoms with Crippen molar-refractivity contribution in [1.82, 2.24) is 0 Å². The third-order valence-corrected chi connectivity index (χ3v) is 11.2. The highest BCUT2D eigenvalue weighted by atomic mass is 31.2. The standard InChI is InChI=1S/C45H90NO7P/c1-3-5-7-9-11-13-14-15-16-17-18-19-20-21-22-23-24-25-26-27-28-29-31-33-35-37-40-50-42-44(43-52-54(48,49)51-41-39-46)53-45(47)38-36-34-32-30-12-10-8-6-4-2/h17-18,44H,3-16,19-43,46H2,1-2H3,(H,48,49)/b18-17-. The molecule has 0 aromatic carbocycles. The Morgan fingerprint density at radius 1 is 0.537 bits per heavy atom. The van der Waals surface area contributed by atoms with Crippen molar-refractivity contribution in [3.05, 3.63) is 12.2 Å². The first kappa shape index (κ1) is 53.2. The first-order chi connectivity index (χ1) is 26.4. The van der Waals surface area contributed by atoms with Gasteiger partial charge in [-0.15, -0.1) is 0 Å². The predicted octanol–water partition coefficient (Wildman–Crippen LogP) is 13.9. The molecule has 0 amide bonds. The van der Waals surface area contributed by atoms with E-state index in [9.17, 15) is 14.3 Å². The Morgan fingerprint density at radius 3 is 1.35 bits per heavy atom. The predicted molar refractivity (Wildman–Crippen MR) is 229 cm³/mol.